The van der Waals surface area contributed by atoms with Crippen LogP contribution in [0.3, 0.4) is 0 Å². The molecule has 2 aromatic carbocycles. The maximum absolute atomic E-state index is 12.1. The molecular formula is C17H19N3O3. The van der Waals surface area contributed by atoms with Crippen LogP contribution in [0.1, 0.15) is 21.5 Å². The van der Waals surface area contributed by atoms with Crippen LogP contribution in [-0.2, 0) is 0 Å². The predicted molar refractivity (Wildman–Crippen MR) is 89.8 cm³/mol. The Hall–Kier alpha value is -2.89. The average molecular weight is 313 g/mol. The lowest BCUT2D eigenvalue weighted by Gasteiger charge is -2.10. The van der Waals surface area contributed by atoms with E-state index in [1.807, 2.05) is 26.0 Å². The van der Waals surface area contributed by atoms with E-state index in [0.717, 1.165) is 16.8 Å². The van der Waals surface area contributed by atoms with Gasteiger partial charge in [0.05, 0.1) is 4.92 Å². The van der Waals surface area contributed by atoms with E-state index in [0.29, 0.717) is 18.7 Å². The van der Waals surface area contributed by atoms with Gasteiger partial charge in [-0.3, -0.25) is 14.9 Å². The molecule has 0 saturated carbocycles. The molecule has 0 atom stereocenters. The third-order valence-electron chi connectivity index (χ3n) is 3.67. The van der Waals surface area contributed by atoms with E-state index in [1.54, 1.807) is 18.2 Å². The first-order valence-electron chi connectivity index (χ1n) is 7.32. The summed E-state index contributed by atoms with van der Waals surface area (Å²) in [6, 6.07) is 11.8. The average Bonchev–Trinajstić information content (AvgIpc) is 2.54. The van der Waals surface area contributed by atoms with Crippen LogP contribution in [0.15, 0.2) is 42.5 Å². The van der Waals surface area contributed by atoms with E-state index < -0.39 is 4.92 Å². The molecule has 2 N–H and O–H groups in total. The van der Waals surface area contributed by atoms with Crippen molar-refractivity contribution in [3.63, 3.8) is 0 Å². The maximum atomic E-state index is 12.1. The number of non-ortho nitro benzene ring substituents is 1. The lowest BCUT2D eigenvalue weighted by molar-refractivity contribution is -0.384. The summed E-state index contributed by atoms with van der Waals surface area (Å²) in [5.74, 6) is -0.100. The second-order valence-electron chi connectivity index (χ2n) is 5.23. The van der Waals surface area contributed by atoms with Crippen LogP contribution in [0.5, 0.6) is 0 Å². The summed E-state index contributed by atoms with van der Waals surface area (Å²) >= 11 is 0. The minimum absolute atomic E-state index is 0.0544. The van der Waals surface area contributed by atoms with Gasteiger partial charge in [-0.15, -0.1) is 0 Å². The zero-order valence-corrected chi connectivity index (χ0v) is 13.1. The smallest absolute Gasteiger partial charge is 0.269 e. The van der Waals surface area contributed by atoms with Crippen molar-refractivity contribution >= 4 is 17.3 Å². The van der Waals surface area contributed by atoms with Gasteiger partial charge in [-0.1, -0.05) is 12.1 Å². The highest BCUT2D eigenvalue weighted by molar-refractivity contribution is 5.95. The monoisotopic (exact) mass is 313 g/mol. The van der Waals surface area contributed by atoms with Crippen LogP contribution < -0.4 is 10.6 Å². The lowest BCUT2D eigenvalue weighted by atomic mass is 10.0. The largest absolute Gasteiger partial charge is 0.383 e. The van der Waals surface area contributed by atoms with Gasteiger partial charge >= 0.3 is 0 Å². The van der Waals surface area contributed by atoms with Gasteiger partial charge in [0.15, 0.2) is 0 Å². The molecule has 0 fully saturated rings. The Bertz CT molecular complexity index is 712. The van der Waals surface area contributed by atoms with Gasteiger partial charge in [0.1, 0.15) is 0 Å². The summed E-state index contributed by atoms with van der Waals surface area (Å²) in [5.41, 5.74) is 3.57. The topological polar surface area (TPSA) is 84.3 Å². The second-order valence-corrected chi connectivity index (χ2v) is 5.23. The Kier molecular flexibility index (Phi) is 5.30. The summed E-state index contributed by atoms with van der Waals surface area (Å²) in [7, 11) is 0. The number of aryl methyl sites for hydroxylation is 1. The number of amides is 1. The van der Waals surface area contributed by atoms with Crippen LogP contribution in [0, 0.1) is 24.0 Å². The number of benzene rings is 2. The lowest BCUT2D eigenvalue weighted by Crippen LogP contribution is -2.29. The van der Waals surface area contributed by atoms with Gasteiger partial charge in [-0.05, 0) is 43.2 Å². The molecule has 0 bridgehead atoms. The third-order valence-corrected chi connectivity index (χ3v) is 3.67. The Morgan fingerprint density at radius 1 is 1.09 bits per heavy atom. The molecule has 0 aromatic heterocycles. The molecule has 0 saturated heterocycles. The quantitative estimate of drug-likeness (QED) is 0.488. The van der Waals surface area contributed by atoms with E-state index in [9.17, 15) is 14.9 Å². The zero-order chi connectivity index (χ0) is 16.8. The first kappa shape index (κ1) is 16.5. The highest BCUT2D eigenvalue weighted by Gasteiger charge is 2.09. The SMILES string of the molecule is Cc1cccc(C(=O)NCCNc2ccc([N+](=O)[O-])cc2)c1C. The highest BCUT2D eigenvalue weighted by atomic mass is 16.6. The zero-order valence-electron chi connectivity index (χ0n) is 13.1. The van der Waals surface area contributed by atoms with Crippen LogP contribution in [-0.4, -0.2) is 23.9 Å². The van der Waals surface area contributed by atoms with E-state index >= 15 is 0 Å². The number of rotatable bonds is 6. The molecule has 120 valence electrons. The number of nitro benzene ring substituents is 1. The molecule has 0 heterocycles. The van der Waals surface area contributed by atoms with E-state index in [-0.39, 0.29) is 11.6 Å². The van der Waals surface area contributed by atoms with Gasteiger partial charge in [-0.2, -0.15) is 0 Å². The number of carbonyl (C=O) groups is 1. The van der Waals surface area contributed by atoms with Crippen LogP contribution in [0.25, 0.3) is 0 Å². The first-order chi connectivity index (χ1) is 11.0. The van der Waals surface area contributed by atoms with E-state index in [2.05, 4.69) is 10.6 Å². The summed E-state index contributed by atoms with van der Waals surface area (Å²) in [4.78, 5) is 22.3. The molecule has 0 radical (unpaired) electrons. The predicted octanol–water partition coefficient (Wildman–Crippen LogP) is 3.05. The Balaban J connectivity index is 1.82. The van der Waals surface area contributed by atoms with Crippen molar-refractivity contribution < 1.29 is 9.72 Å². The third kappa shape index (κ3) is 4.29. The van der Waals surface area contributed by atoms with Crippen molar-refractivity contribution in [1.29, 1.82) is 0 Å². The number of hydrogen-bond donors (Lipinski definition) is 2. The molecule has 23 heavy (non-hydrogen) atoms. The standard InChI is InChI=1S/C17H19N3O3/c1-12-4-3-5-16(13(12)2)17(21)19-11-10-18-14-6-8-15(9-7-14)20(22)23/h3-9,18H,10-11H2,1-2H3,(H,19,21). The van der Waals surface area contributed by atoms with Crippen molar-refractivity contribution in [2.24, 2.45) is 0 Å². The molecule has 0 spiro atoms. The number of nitro groups is 1. The second kappa shape index (κ2) is 7.40. The van der Waals surface area contributed by atoms with Crippen molar-refractivity contribution in [1.82, 2.24) is 5.32 Å². The molecular weight excluding hydrogens is 294 g/mol. The van der Waals surface area contributed by atoms with Crippen molar-refractivity contribution in [2.75, 3.05) is 18.4 Å². The molecule has 2 aromatic rings. The normalized spacial score (nSPS) is 10.2. The minimum Gasteiger partial charge on any atom is -0.383 e. The van der Waals surface area contributed by atoms with Gasteiger partial charge in [0, 0.05) is 36.5 Å². The number of nitrogens with zero attached hydrogens (tertiary/aromatic N) is 1. The van der Waals surface area contributed by atoms with Gasteiger partial charge in [0.25, 0.3) is 11.6 Å². The van der Waals surface area contributed by atoms with Crippen molar-refractivity contribution in [3.8, 4) is 0 Å². The van der Waals surface area contributed by atoms with Crippen LogP contribution in [0.4, 0.5) is 11.4 Å². The molecule has 6 heteroatoms. The maximum Gasteiger partial charge on any atom is 0.269 e. The molecule has 0 aliphatic heterocycles. The molecule has 0 aliphatic rings. The van der Waals surface area contributed by atoms with Crippen LogP contribution >= 0.6 is 0 Å². The van der Waals surface area contributed by atoms with Gasteiger partial charge < -0.3 is 10.6 Å². The number of hydrogen-bond acceptors (Lipinski definition) is 4. The Morgan fingerprint density at radius 2 is 1.78 bits per heavy atom. The van der Waals surface area contributed by atoms with Gasteiger partial charge in [-0.25, -0.2) is 0 Å². The number of anilines is 1. The minimum atomic E-state index is -0.436. The summed E-state index contributed by atoms with van der Waals surface area (Å²) < 4.78 is 0. The Labute approximate surface area is 134 Å². The number of carbonyl (C=O) groups excluding carboxylic acids is 1. The summed E-state index contributed by atoms with van der Waals surface area (Å²) in [6.45, 7) is 4.90. The van der Waals surface area contributed by atoms with E-state index in [1.165, 1.54) is 12.1 Å². The van der Waals surface area contributed by atoms with Crippen LogP contribution in [0.2, 0.25) is 0 Å². The van der Waals surface area contributed by atoms with E-state index in [4.69, 9.17) is 0 Å². The van der Waals surface area contributed by atoms with Crippen molar-refractivity contribution in [2.45, 2.75) is 13.8 Å². The summed E-state index contributed by atoms with van der Waals surface area (Å²) in [6.07, 6.45) is 0. The molecule has 6 nitrogen and oxygen atoms in total. The fourth-order valence-electron chi connectivity index (χ4n) is 2.18. The number of nitrogens with one attached hydrogen (secondary N) is 2. The summed E-state index contributed by atoms with van der Waals surface area (Å²) in [5, 5.41) is 16.5. The molecule has 2 rings (SSSR count). The molecule has 1 amide bonds. The van der Waals surface area contributed by atoms with Gasteiger partial charge in [0.2, 0.25) is 0 Å². The molecule has 0 aliphatic carbocycles. The van der Waals surface area contributed by atoms with Crippen molar-refractivity contribution in [3.05, 3.63) is 69.3 Å². The fourth-order valence-corrected chi connectivity index (χ4v) is 2.18. The molecule has 0 unspecified atom stereocenters. The highest BCUT2D eigenvalue weighted by Crippen LogP contribution is 2.15. The Morgan fingerprint density at radius 3 is 2.43 bits per heavy atom. The first-order valence-corrected chi connectivity index (χ1v) is 7.32. The fraction of sp³-hybridized carbons (Fsp3) is 0.235.